The maximum atomic E-state index is 12.7. The van der Waals surface area contributed by atoms with Crippen LogP contribution in [-0.2, 0) is 11.3 Å². The summed E-state index contributed by atoms with van der Waals surface area (Å²) in [5.74, 6) is -0.0478. The largest absolute Gasteiger partial charge is 0.391 e. The van der Waals surface area contributed by atoms with Crippen molar-refractivity contribution in [2.24, 2.45) is 0 Å². The first-order valence-electron chi connectivity index (χ1n) is 9.42. The van der Waals surface area contributed by atoms with Crippen LogP contribution in [0.3, 0.4) is 0 Å². The molecule has 1 aromatic heterocycles. The molecule has 1 fully saturated rings. The topological polar surface area (TPSA) is 107 Å². The lowest BCUT2D eigenvalue weighted by Crippen LogP contribution is -2.37. The van der Waals surface area contributed by atoms with E-state index in [4.69, 9.17) is 5.73 Å². The number of anilines is 1. The van der Waals surface area contributed by atoms with E-state index in [0.29, 0.717) is 25.2 Å². The minimum Gasteiger partial charge on any atom is -0.391 e. The molecule has 8 heteroatoms. The van der Waals surface area contributed by atoms with E-state index in [1.807, 2.05) is 35.2 Å². The van der Waals surface area contributed by atoms with Crippen LogP contribution >= 0.6 is 0 Å². The fraction of sp³-hybridized carbons (Fsp3) is 0.238. The van der Waals surface area contributed by atoms with Gasteiger partial charge in [0.2, 0.25) is 5.91 Å². The van der Waals surface area contributed by atoms with Gasteiger partial charge in [0, 0.05) is 38.0 Å². The number of carbonyl (C=O) groups excluding carboxylic acids is 1. The Bertz CT molecular complexity index is 1030. The highest BCUT2D eigenvalue weighted by Gasteiger charge is 2.29. The first-order chi connectivity index (χ1) is 14.0. The number of nitro groups is 1. The van der Waals surface area contributed by atoms with Gasteiger partial charge >= 0.3 is 0 Å². The summed E-state index contributed by atoms with van der Waals surface area (Å²) in [6.45, 7) is 1.18. The molecule has 1 aliphatic heterocycles. The SMILES string of the molecule is Nc1c(-n2cccn2)cc(C2CCN(Cc3ccccc3)C(=O)C2)cc1[N+](=O)[O-]. The molecule has 1 saturated heterocycles. The quantitative estimate of drug-likeness (QED) is 0.408. The minimum atomic E-state index is -0.488. The second-order valence-corrected chi connectivity index (χ2v) is 7.17. The molecule has 0 aliphatic carbocycles. The molecular weight excluding hydrogens is 370 g/mol. The Hall–Kier alpha value is -3.68. The minimum absolute atomic E-state index is 0.0465. The van der Waals surface area contributed by atoms with Crippen LogP contribution < -0.4 is 5.73 Å². The number of rotatable bonds is 5. The van der Waals surface area contributed by atoms with Crippen molar-refractivity contribution in [3.8, 4) is 5.69 Å². The fourth-order valence-electron chi connectivity index (χ4n) is 3.77. The molecule has 2 aromatic carbocycles. The Morgan fingerprint density at radius 1 is 1.21 bits per heavy atom. The van der Waals surface area contributed by atoms with E-state index in [9.17, 15) is 14.9 Å². The second-order valence-electron chi connectivity index (χ2n) is 7.17. The summed E-state index contributed by atoms with van der Waals surface area (Å²) in [6, 6.07) is 14.9. The number of piperidine rings is 1. The van der Waals surface area contributed by atoms with Crippen molar-refractivity contribution in [3.05, 3.63) is 82.2 Å². The number of carbonyl (C=O) groups is 1. The first-order valence-corrected chi connectivity index (χ1v) is 9.42. The third-order valence-corrected chi connectivity index (χ3v) is 5.32. The van der Waals surface area contributed by atoms with Gasteiger partial charge in [-0.25, -0.2) is 4.68 Å². The molecule has 1 unspecified atom stereocenters. The van der Waals surface area contributed by atoms with E-state index in [0.717, 1.165) is 17.5 Å². The zero-order valence-electron chi connectivity index (χ0n) is 15.8. The molecule has 0 bridgehead atoms. The molecule has 148 valence electrons. The standard InChI is InChI=1S/C21H21N5O3/c22-21-18(25-9-4-8-23-25)11-17(12-19(21)26(28)29)16-7-10-24(20(27)13-16)14-15-5-2-1-3-6-15/h1-6,8-9,11-12,16H,7,10,13-14,22H2. The van der Waals surface area contributed by atoms with Crippen LogP contribution in [0, 0.1) is 10.1 Å². The summed E-state index contributed by atoms with van der Waals surface area (Å²) in [5, 5.41) is 15.7. The Morgan fingerprint density at radius 2 is 2.00 bits per heavy atom. The van der Waals surface area contributed by atoms with Crippen LogP contribution in [0.2, 0.25) is 0 Å². The normalized spacial score (nSPS) is 16.8. The van der Waals surface area contributed by atoms with E-state index in [2.05, 4.69) is 5.10 Å². The van der Waals surface area contributed by atoms with Crippen LogP contribution in [0.25, 0.3) is 5.69 Å². The number of hydrogen-bond acceptors (Lipinski definition) is 5. The van der Waals surface area contributed by atoms with Gasteiger partial charge in [-0.3, -0.25) is 14.9 Å². The third kappa shape index (κ3) is 3.82. The van der Waals surface area contributed by atoms with E-state index in [1.165, 1.54) is 10.7 Å². The van der Waals surface area contributed by atoms with Crippen LogP contribution in [0.5, 0.6) is 0 Å². The maximum Gasteiger partial charge on any atom is 0.294 e. The number of likely N-dealkylation sites (tertiary alicyclic amines) is 1. The van der Waals surface area contributed by atoms with Crippen molar-refractivity contribution >= 4 is 17.3 Å². The Labute approximate surface area is 167 Å². The summed E-state index contributed by atoms with van der Waals surface area (Å²) in [5.41, 5.74) is 8.22. The monoisotopic (exact) mass is 391 g/mol. The molecule has 8 nitrogen and oxygen atoms in total. The molecule has 2 N–H and O–H groups in total. The Morgan fingerprint density at radius 3 is 2.66 bits per heavy atom. The van der Waals surface area contributed by atoms with Gasteiger partial charge in [0.25, 0.3) is 5.69 Å². The van der Waals surface area contributed by atoms with Crippen LogP contribution in [0.4, 0.5) is 11.4 Å². The van der Waals surface area contributed by atoms with Gasteiger partial charge in [0.05, 0.1) is 10.6 Å². The number of amides is 1. The van der Waals surface area contributed by atoms with Crippen molar-refractivity contribution < 1.29 is 9.72 Å². The maximum absolute atomic E-state index is 12.7. The smallest absolute Gasteiger partial charge is 0.294 e. The van der Waals surface area contributed by atoms with E-state index in [1.54, 1.807) is 24.5 Å². The van der Waals surface area contributed by atoms with Gasteiger partial charge in [0.1, 0.15) is 5.69 Å². The highest BCUT2D eigenvalue weighted by atomic mass is 16.6. The number of aromatic nitrogens is 2. The van der Waals surface area contributed by atoms with Crippen LogP contribution in [0.1, 0.15) is 29.9 Å². The molecule has 4 rings (SSSR count). The van der Waals surface area contributed by atoms with E-state index < -0.39 is 4.92 Å². The molecule has 0 saturated carbocycles. The molecule has 1 atom stereocenters. The molecule has 1 aliphatic rings. The molecule has 1 amide bonds. The average Bonchev–Trinajstić information content (AvgIpc) is 3.25. The van der Waals surface area contributed by atoms with Gasteiger partial charge in [-0.1, -0.05) is 30.3 Å². The average molecular weight is 391 g/mol. The number of nitrogens with two attached hydrogens (primary N) is 1. The first kappa shape index (κ1) is 18.7. The lowest BCUT2D eigenvalue weighted by Gasteiger charge is -2.32. The zero-order valence-corrected chi connectivity index (χ0v) is 15.8. The number of nitrogens with zero attached hydrogens (tertiary/aromatic N) is 4. The van der Waals surface area contributed by atoms with Gasteiger partial charge in [-0.2, -0.15) is 5.10 Å². The summed E-state index contributed by atoms with van der Waals surface area (Å²) >= 11 is 0. The predicted molar refractivity (Wildman–Crippen MR) is 108 cm³/mol. The van der Waals surface area contributed by atoms with Crippen molar-refractivity contribution in [1.29, 1.82) is 0 Å². The summed E-state index contributed by atoms with van der Waals surface area (Å²) in [6.07, 6.45) is 4.32. The summed E-state index contributed by atoms with van der Waals surface area (Å²) in [7, 11) is 0. The molecule has 3 aromatic rings. The highest BCUT2D eigenvalue weighted by Crippen LogP contribution is 2.36. The number of nitro benzene ring substituents is 1. The highest BCUT2D eigenvalue weighted by molar-refractivity contribution is 5.79. The Balaban J connectivity index is 1.59. The van der Waals surface area contributed by atoms with E-state index >= 15 is 0 Å². The van der Waals surface area contributed by atoms with Gasteiger partial charge in [-0.05, 0) is 35.6 Å². The van der Waals surface area contributed by atoms with Gasteiger partial charge in [0.15, 0.2) is 0 Å². The number of hydrogen-bond donors (Lipinski definition) is 1. The fourth-order valence-corrected chi connectivity index (χ4v) is 3.77. The third-order valence-electron chi connectivity index (χ3n) is 5.32. The summed E-state index contributed by atoms with van der Waals surface area (Å²) in [4.78, 5) is 25.6. The van der Waals surface area contributed by atoms with Crippen molar-refractivity contribution in [1.82, 2.24) is 14.7 Å². The van der Waals surface area contributed by atoms with Gasteiger partial charge < -0.3 is 10.6 Å². The molecule has 29 heavy (non-hydrogen) atoms. The Kier molecular flexibility index (Phi) is 4.99. The molecular formula is C21H21N5O3. The lowest BCUT2D eigenvalue weighted by atomic mass is 9.88. The van der Waals surface area contributed by atoms with E-state index in [-0.39, 0.29) is 23.2 Å². The molecule has 0 radical (unpaired) electrons. The van der Waals surface area contributed by atoms with Crippen molar-refractivity contribution in [2.75, 3.05) is 12.3 Å². The zero-order chi connectivity index (χ0) is 20.4. The predicted octanol–water partition coefficient (Wildman–Crippen LogP) is 3.27. The second kappa shape index (κ2) is 7.75. The van der Waals surface area contributed by atoms with Crippen molar-refractivity contribution in [2.45, 2.75) is 25.3 Å². The van der Waals surface area contributed by atoms with Crippen LogP contribution in [-0.4, -0.2) is 32.1 Å². The number of benzene rings is 2. The summed E-state index contributed by atoms with van der Waals surface area (Å²) < 4.78 is 1.51. The van der Waals surface area contributed by atoms with Gasteiger partial charge in [-0.15, -0.1) is 0 Å². The van der Waals surface area contributed by atoms with Crippen molar-refractivity contribution in [3.63, 3.8) is 0 Å². The number of nitrogen functional groups attached to an aromatic ring is 1. The lowest BCUT2D eigenvalue weighted by molar-refractivity contribution is -0.384. The van der Waals surface area contributed by atoms with Crippen LogP contribution in [0.15, 0.2) is 60.9 Å². The molecule has 0 spiro atoms. The molecule has 2 heterocycles.